The Kier molecular flexibility index (Phi) is 3.33. The predicted octanol–water partition coefficient (Wildman–Crippen LogP) is 6.60. The lowest BCUT2D eigenvalue weighted by molar-refractivity contribution is 0.669. The predicted molar refractivity (Wildman–Crippen MR) is 119 cm³/mol. The number of aromatic amines is 1. The Bertz CT molecular complexity index is 1270. The summed E-state index contributed by atoms with van der Waals surface area (Å²) in [5, 5.41) is 2.56. The fraction of sp³-hybridized carbons (Fsp3) is 0.0769. The van der Waals surface area contributed by atoms with Gasteiger partial charge < -0.3 is 9.88 Å². The number of hydrogen-bond donors (Lipinski definition) is 1. The van der Waals surface area contributed by atoms with Crippen LogP contribution in [0, 0.1) is 5.92 Å². The number of nitrogens with one attached hydrogen (secondary N) is 1. The van der Waals surface area contributed by atoms with Gasteiger partial charge in [0.1, 0.15) is 0 Å². The van der Waals surface area contributed by atoms with Crippen LogP contribution in [0.2, 0.25) is 0 Å². The summed E-state index contributed by atoms with van der Waals surface area (Å²) in [4.78, 5) is 6.15. The van der Waals surface area contributed by atoms with Gasteiger partial charge in [-0.15, -0.1) is 0 Å². The Morgan fingerprint density at radius 1 is 0.714 bits per heavy atom. The van der Waals surface area contributed by atoms with Crippen LogP contribution in [0.15, 0.2) is 97.1 Å². The highest BCUT2D eigenvalue weighted by atomic mass is 15.2. The van der Waals surface area contributed by atoms with Gasteiger partial charge >= 0.3 is 0 Å². The van der Waals surface area contributed by atoms with Crippen molar-refractivity contribution in [2.75, 3.05) is 4.90 Å². The molecule has 6 rings (SSSR count). The zero-order chi connectivity index (χ0) is 18.5. The average Bonchev–Trinajstić information content (AvgIpc) is 3.04. The maximum absolute atomic E-state index is 3.67. The van der Waals surface area contributed by atoms with Gasteiger partial charge in [-0.3, -0.25) is 0 Å². The standard InChI is InChI=1S/C26H20N2/c1-2-9-19(10-3-1)28-24-13-7-4-8-18(24)14-15-22-25(28)17-16-21-20-11-5-6-12-23(20)27-26(21)22/h1-18,24,27H. The topological polar surface area (TPSA) is 19.0 Å². The van der Waals surface area contributed by atoms with Crippen molar-refractivity contribution in [2.24, 2.45) is 5.92 Å². The molecule has 1 aromatic heterocycles. The van der Waals surface area contributed by atoms with Crippen LogP contribution in [-0.2, 0) is 0 Å². The average molecular weight is 360 g/mol. The number of nitrogens with zero attached hydrogens (tertiary/aromatic N) is 1. The third-order valence-electron chi connectivity index (χ3n) is 5.92. The van der Waals surface area contributed by atoms with Crippen LogP contribution < -0.4 is 4.90 Å². The summed E-state index contributed by atoms with van der Waals surface area (Å²) < 4.78 is 0. The molecule has 4 aromatic rings. The van der Waals surface area contributed by atoms with Gasteiger partial charge in [-0.25, -0.2) is 0 Å². The molecule has 1 aliphatic carbocycles. The number of allylic oxidation sites excluding steroid dienone is 2. The molecule has 28 heavy (non-hydrogen) atoms. The Hall–Kier alpha value is -3.52. The van der Waals surface area contributed by atoms with E-state index in [9.17, 15) is 0 Å². The van der Waals surface area contributed by atoms with Crippen LogP contribution in [0.3, 0.4) is 0 Å². The molecule has 0 fully saturated rings. The molecular formula is C26H20N2. The highest BCUT2D eigenvalue weighted by molar-refractivity contribution is 6.11. The van der Waals surface area contributed by atoms with E-state index in [0.29, 0.717) is 5.92 Å². The van der Waals surface area contributed by atoms with Crippen molar-refractivity contribution in [3.63, 3.8) is 0 Å². The Balaban J connectivity index is 1.67. The lowest BCUT2D eigenvalue weighted by atomic mass is 9.93. The molecule has 0 saturated heterocycles. The van der Waals surface area contributed by atoms with Crippen LogP contribution in [0.25, 0.3) is 27.9 Å². The van der Waals surface area contributed by atoms with Crippen molar-refractivity contribution in [1.29, 1.82) is 0 Å². The second-order valence-corrected chi connectivity index (χ2v) is 7.49. The molecule has 2 nitrogen and oxygen atoms in total. The SMILES string of the molecule is C1=CC2C=Cc3c(ccc4c3[nH]c3ccccc34)N(c3ccccc3)C2C=C1. The van der Waals surface area contributed by atoms with E-state index in [4.69, 9.17) is 0 Å². The van der Waals surface area contributed by atoms with E-state index in [1.54, 1.807) is 0 Å². The van der Waals surface area contributed by atoms with Crippen LogP contribution in [0.4, 0.5) is 11.4 Å². The number of rotatable bonds is 1. The quantitative estimate of drug-likeness (QED) is 0.405. The summed E-state index contributed by atoms with van der Waals surface area (Å²) >= 11 is 0. The summed E-state index contributed by atoms with van der Waals surface area (Å²) in [6, 6.07) is 24.1. The minimum atomic E-state index is 0.270. The largest absolute Gasteiger partial charge is 0.354 e. The van der Waals surface area contributed by atoms with Gasteiger partial charge in [-0.2, -0.15) is 0 Å². The van der Waals surface area contributed by atoms with Crippen molar-refractivity contribution < 1.29 is 0 Å². The first-order valence-corrected chi connectivity index (χ1v) is 9.81. The maximum Gasteiger partial charge on any atom is 0.0623 e. The molecule has 0 spiro atoms. The number of benzene rings is 3. The molecule has 2 heteroatoms. The smallest absolute Gasteiger partial charge is 0.0623 e. The van der Waals surface area contributed by atoms with Crippen LogP contribution >= 0.6 is 0 Å². The summed E-state index contributed by atoms with van der Waals surface area (Å²) in [6.07, 6.45) is 13.6. The molecule has 0 bridgehead atoms. The first-order valence-electron chi connectivity index (χ1n) is 9.81. The maximum atomic E-state index is 3.67. The molecule has 1 aliphatic heterocycles. The Morgan fingerprint density at radius 2 is 1.54 bits per heavy atom. The molecule has 2 unspecified atom stereocenters. The number of anilines is 2. The van der Waals surface area contributed by atoms with Crippen molar-refractivity contribution in [3.05, 3.63) is 103 Å². The summed E-state index contributed by atoms with van der Waals surface area (Å²) in [5.74, 6) is 0.344. The van der Waals surface area contributed by atoms with Gasteiger partial charge in [0.15, 0.2) is 0 Å². The van der Waals surface area contributed by atoms with E-state index in [2.05, 4.69) is 113 Å². The lowest BCUT2D eigenvalue weighted by Gasteiger charge is -2.35. The van der Waals surface area contributed by atoms with E-state index >= 15 is 0 Å². The molecule has 1 N–H and O–H groups in total. The fourth-order valence-corrected chi connectivity index (χ4v) is 4.62. The highest BCUT2D eigenvalue weighted by Gasteiger charge is 2.29. The molecule has 0 saturated carbocycles. The summed E-state index contributed by atoms with van der Waals surface area (Å²) in [7, 11) is 0. The van der Waals surface area contributed by atoms with E-state index < -0.39 is 0 Å². The lowest BCUT2D eigenvalue weighted by Crippen LogP contribution is -2.35. The monoisotopic (exact) mass is 360 g/mol. The van der Waals surface area contributed by atoms with Gasteiger partial charge in [-0.05, 0) is 24.3 Å². The minimum absolute atomic E-state index is 0.270. The van der Waals surface area contributed by atoms with Gasteiger partial charge in [-0.1, -0.05) is 78.9 Å². The third-order valence-corrected chi connectivity index (χ3v) is 5.92. The molecular weight excluding hydrogens is 340 g/mol. The van der Waals surface area contributed by atoms with Crippen molar-refractivity contribution in [2.45, 2.75) is 6.04 Å². The second kappa shape index (κ2) is 6.00. The van der Waals surface area contributed by atoms with Crippen molar-refractivity contribution in [3.8, 4) is 0 Å². The Labute approximate surface area is 164 Å². The van der Waals surface area contributed by atoms with Crippen LogP contribution in [-0.4, -0.2) is 11.0 Å². The first kappa shape index (κ1) is 15.5. The zero-order valence-electron chi connectivity index (χ0n) is 15.4. The summed E-state index contributed by atoms with van der Waals surface area (Å²) in [6.45, 7) is 0. The fourth-order valence-electron chi connectivity index (χ4n) is 4.62. The molecule has 3 aromatic carbocycles. The van der Waals surface area contributed by atoms with Gasteiger partial charge in [0, 0.05) is 33.5 Å². The van der Waals surface area contributed by atoms with Crippen LogP contribution in [0.1, 0.15) is 5.56 Å². The molecule has 2 aliphatic rings. The normalized spacial score (nSPS) is 20.4. The number of para-hydroxylation sites is 2. The number of H-pyrrole nitrogens is 1. The second-order valence-electron chi connectivity index (χ2n) is 7.49. The van der Waals surface area contributed by atoms with Crippen molar-refractivity contribution >= 4 is 39.3 Å². The van der Waals surface area contributed by atoms with E-state index in [1.807, 2.05) is 0 Å². The minimum Gasteiger partial charge on any atom is -0.354 e. The van der Waals surface area contributed by atoms with Gasteiger partial charge in [0.2, 0.25) is 0 Å². The molecule has 0 amide bonds. The Morgan fingerprint density at radius 3 is 2.46 bits per heavy atom. The first-order chi connectivity index (χ1) is 13.9. The third kappa shape index (κ3) is 2.21. The van der Waals surface area contributed by atoms with Gasteiger partial charge in [0.05, 0.1) is 17.2 Å². The zero-order valence-corrected chi connectivity index (χ0v) is 15.4. The number of fused-ring (bicyclic) bond motifs is 6. The van der Waals surface area contributed by atoms with Crippen molar-refractivity contribution in [1.82, 2.24) is 4.98 Å². The van der Waals surface area contributed by atoms with E-state index in [0.717, 1.165) is 0 Å². The highest BCUT2D eigenvalue weighted by Crippen LogP contribution is 2.42. The molecule has 134 valence electrons. The number of hydrogen-bond acceptors (Lipinski definition) is 1. The van der Waals surface area contributed by atoms with Gasteiger partial charge in [0.25, 0.3) is 0 Å². The van der Waals surface area contributed by atoms with E-state index in [1.165, 1.54) is 38.7 Å². The molecule has 2 heterocycles. The van der Waals surface area contributed by atoms with E-state index in [-0.39, 0.29) is 6.04 Å². The number of aromatic nitrogens is 1. The molecule has 0 radical (unpaired) electrons. The van der Waals surface area contributed by atoms with Crippen LogP contribution in [0.5, 0.6) is 0 Å². The molecule has 2 atom stereocenters. The summed E-state index contributed by atoms with van der Waals surface area (Å²) in [5.41, 5.74) is 6.12.